The summed E-state index contributed by atoms with van der Waals surface area (Å²) in [5, 5.41) is 4.59. The van der Waals surface area contributed by atoms with E-state index in [1.165, 1.54) is 5.06 Å². The summed E-state index contributed by atoms with van der Waals surface area (Å²) in [4.78, 5) is 21.2. The Balaban J connectivity index is 1.70. The number of hydroxylamine groups is 2. The van der Waals surface area contributed by atoms with E-state index in [0.717, 1.165) is 12.0 Å². The Morgan fingerprint density at radius 2 is 2.07 bits per heavy atom. The van der Waals surface area contributed by atoms with Gasteiger partial charge in [-0.25, -0.2) is 5.06 Å². The first kappa shape index (κ1) is 19.3. The van der Waals surface area contributed by atoms with Crippen LogP contribution in [0.5, 0.6) is 0 Å². The summed E-state index contributed by atoms with van der Waals surface area (Å²) in [7, 11) is 0. The van der Waals surface area contributed by atoms with Crippen molar-refractivity contribution in [2.75, 3.05) is 13.2 Å². The number of halogens is 3. The molecular weight excluding hydrogens is 367 g/mol. The molecule has 0 N–H and O–H groups in total. The highest BCUT2D eigenvalue weighted by molar-refractivity contribution is 5.80. The van der Waals surface area contributed by atoms with Gasteiger partial charge in [0, 0.05) is 12.2 Å². The number of ether oxygens (including phenoxy) is 1. The number of nitrogens with zero attached hydrogens (tertiary/aromatic N) is 3. The fourth-order valence-corrected chi connectivity index (χ4v) is 2.66. The number of carbonyl (C=O) groups is 1. The van der Waals surface area contributed by atoms with Gasteiger partial charge in [0.2, 0.25) is 5.82 Å². The van der Waals surface area contributed by atoms with Crippen molar-refractivity contribution in [1.82, 2.24) is 15.2 Å². The molecule has 0 spiro atoms. The average molecular weight is 385 g/mol. The van der Waals surface area contributed by atoms with Gasteiger partial charge >= 0.3 is 12.1 Å². The van der Waals surface area contributed by atoms with Crippen LogP contribution in [-0.2, 0) is 27.1 Å². The standard InChI is InChI=1S/C17H18F3N3O4/c1-2-26-23(15(24)13-4-3-9-25-13)10-11-5-7-12(8-6-11)14-21-16(27-22-14)17(18,19)20/h5-8,13H,2-4,9-10H2,1H3. The van der Waals surface area contributed by atoms with Crippen molar-refractivity contribution in [1.29, 1.82) is 0 Å². The highest BCUT2D eigenvalue weighted by Crippen LogP contribution is 2.29. The van der Waals surface area contributed by atoms with Crippen molar-refractivity contribution < 1.29 is 32.1 Å². The third kappa shape index (κ3) is 4.64. The van der Waals surface area contributed by atoms with Gasteiger partial charge in [0.1, 0.15) is 6.10 Å². The molecule has 0 bridgehead atoms. The van der Waals surface area contributed by atoms with Crippen LogP contribution >= 0.6 is 0 Å². The quantitative estimate of drug-likeness (QED) is 0.711. The van der Waals surface area contributed by atoms with E-state index in [2.05, 4.69) is 14.7 Å². The molecule has 7 nitrogen and oxygen atoms in total. The van der Waals surface area contributed by atoms with Crippen molar-refractivity contribution in [3.05, 3.63) is 35.7 Å². The molecule has 0 radical (unpaired) electrons. The second kappa shape index (κ2) is 8.05. The fraction of sp³-hybridized carbons (Fsp3) is 0.471. The van der Waals surface area contributed by atoms with Crippen LogP contribution in [0.25, 0.3) is 11.4 Å². The lowest BCUT2D eigenvalue weighted by atomic mass is 10.1. The van der Waals surface area contributed by atoms with Gasteiger partial charge < -0.3 is 9.26 Å². The minimum Gasteiger partial charge on any atom is -0.368 e. The molecule has 1 amide bonds. The van der Waals surface area contributed by atoms with E-state index in [1.807, 2.05) is 0 Å². The van der Waals surface area contributed by atoms with Gasteiger partial charge in [-0.3, -0.25) is 9.63 Å². The Kier molecular flexibility index (Phi) is 5.76. The molecule has 1 atom stereocenters. The Morgan fingerprint density at radius 3 is 2.63 bits per heavy atom. The third-order valence-corrected chi connectivity index (χ3v) is 3.94. The van der Waals surface area contributed by atoms with Crippen LogP contribution in [0, 0.1) is 0 Å². The number of amides is 1. The molecule has 1 aromatic heterocycles. The number of alkyl halides is 3. The number of benzene rings is 1. The van der Waals surface area contributed by atoms with Gasteiger partial charge in [0.05, 0.1) is 13.2 Å². The molecule has 1 aliphatic rings. The van der Waals surface area contributed by atoms with E-state index < -0.39 is 18.2 Å². The van der Waals surface area contributed by atoms with Crippen LogP contribution in [0.1, 0.15) is 31.2 Å². The maximum atomic E-state index is 12.5. The SMILES string of the molecule is CCON(Cc1ccc(-c2noc(C(F)(F)F)n2)cc1)C(=O)C1CCCO1. The Morgan fingerprint density at radius 1 is 1.33 bits per heavy atom. The molecule has 146 valence electrons. The van der Waals surface area contributed by atoms with Crippen molar-refractivity contribution >= 4 is 5.91 Å². The molecule has 1 fully saturated rings. The first-order valence-corrected chi connectivity index (χ1v) is 8.44. The number of carbonyl (C=O) groups excluding carboxylic acids is 1. The Labute approximate surface area is 153 Å². The summed E-state index contributed by atoms with van der Waals surface area (Å²) >= 11 is 0. The zero-order valence-corrected chi connectivity index (χ0v) is 14.5. The van der Waals surface area contributed by atoms with E-state index in [-0.39, 0.29) is 18.3 Å². The molecule has 2 aromatic rings. The van der Waals surface area contributed by atoms with Gasteiger partial charge in [0.25, 0.3) is 5.91 Å². The molecule has 1 aliphatic heterocycles. The smallest absolute Gasteiger partial charge is 0.368 e. The van der Waals surface area contributed by atoms with Crippen LogP contribution in [0.15, 0.2) is 28.8 Å². The zero-order chi connectivity index (χ0) is 19.4. The Bertz CT molecular complexity index is 770. The van der Waals surface area contributed by atoms with Crippen LogP contribution in [-0.4, -0.2) is 40.4 Å². The van der Waals surface area contributed by atoms with Gasteiger partial charge in [-0.15, -0.1) is 0 Å². The molecule has 2 heterocycles. The van der Waals surface area contributed by atoms with Crippen molar-refractivity contribution in [2.24, 2.45) is 0 Å². The Hall–Kier alpha value is -2.46. The minimum atomic E-state index is -4.69. The van der Waals surface area contributed by atoms with E-state index in [0.29, 0.717) is 25.2 Å². The largest absolute Gasteiger partial charge is 0.471 e. The van der Waals surface area contributed by atoms with Crippen LogP contribution in [0.4, 0.5) is 13.2 Å². The highest BCUT2D eigenvalue weighted by atomic mass is 19.4. The monoisotopic (exact) mass is 385 g/mol. The highest BCUT2D eigenvalue weighted by Gasteiger charge is 2.38. The number of hydrogen-bond acceptors (Lipinski definition) is 6. The topological polar surface area (TPSA) is 77.7 Å². The van der Waals surface area contributed by atoms with Gasteiger partial charge in [-0.05, 0) is 25.3 Å². The molecule has 0 saturated carbocycles. The number of hydrogen-bond donors (Lipinski definition) is 0. The third-order valence-electron chi connectivity index (χ3n) is 3.94. The van der Waals surface area contributed by atoms with Crippen LogP contribution in [0.3, 0.4) is 0 Å². The first-order valence-electron chi connectivity index (χ1n) is 8.44. The number of rotatable bonds is 6. The summed E-state index contributed by atoms with van der Waals surface area (Å²) in [6.07, 6.45) is -3.71. The lowest BCUT2D eigenvalue weighted by molar-refractivity contribution is -0.197. The molecule has 1 aromatic carbocycles. The molecular formula is C17H18F3N3O4. The van der Waals surface area contributed by atoms with Gasteiger partial charge in [-0.2, -0.15) is 18.2 Å². The second-order valence-electron chi connectivity index (χ2n) is 5.91. The minimum absolute atomic E-state index is 0.161. The second-order valence-corrected chi connectivity index (χ2v) is 5.91. The van der Waals surface area contributed by atoms with Gasteiger partial charge in [-0.1, -0.05) is 29.4 Å². The first-order chi connectivity index (χ1) is 12.9. The fourth-order valence-electron chi connectivity index (χ4n) is 2.66. The molecule has 1 saturated heterocycles. The lowest BCUT2D eigenvalue weighted by Gasteiger charge is -2.24. The zero-order valence-electron chi connectivity index (χ0n) is 14.5. The van der Waals surface area contributed by atoms with Crippen LogP contribution < -0.4 is 0 Å². The average Bonchev–Trinajstić information content (AvgIpc) is 3.33. The molecule has 10 heteroatoms. The molecule has 0 aliphatic carbocycles. The van der Waals surface area contributed by atoms with E-state index >= 15 is 0 Å². The normalized spacial score (nSPS) is 17.3. The summed E-state index contributed by atoms with van der Waals surface area (Å²) in [6.45, 7) is 2.83. The summed E-state index contributed by atoms with van der Waals surface area (Å²) in [5.74, 6) is -1.80. The molecule has 1 unspecified atom stereocenters. The number of aromatic nitrogens is 2. The van der Waals surface area contributed by atoms with Crippen molar-refractivity contribution in [3.8, 4) is 11.4 Å². The van der Waals surface area contributed by atoms with Crippen LogP contribution in [0.2, 0.25) is 0 Å². The predicted molar refractivity (Wildman–Crippen MR) is 85.9 cm³/mol. The van der Waals surface area contributed by atoms with E-state index in [1.54, 1.807) is 31.2 Å². The summed E-state index contributed by atoms with van der Waals surface area (Å²) < 4.78 is 47.3. The van der Waals surface area contributed by atoms with E-state index in [4.69, 9.17) is 9.57 Å². The van der Waals surface area contributed by atoms with Crippen molar-refractivity contribution in [3.63, 3.8) is 0 Å². The van der Waals surface area contributed by atoms with Gasteiger partial charge in [0.15, 0.2) is 0 Å². The summed E-state index contributed by atoms with van der Waals surface area (Å²) in [5.41, 5.74) is 1.10. The molecule has 27 heavy (non-hydrogen) atoms. The lowest BCUT2D eigenvalue weighted by Crippen LogP contribution is -2.38. The maximum absolute atomic E-state index is 12.5. The van der Waals surface area contributed by atoms with E-state index in [9.17, 15) is 18.0 Å². The van der Waals surface area contributed by atoms with Crippen molar-refractivity contribution in [2.45, 2.75) is 38.6 Å². The maximum Gasteiger partial charge on any atom is 0.471 e. The molecule has 3 rings (SSSR count). The summed E-state index contributed by atoms with van der Waals surface area (Å²) in [6, 6.07) is 6.43. The predicted octanol–water partition coefficient (Wildman–Crippen LogP) is 3.21.